The van der Waals surface area contributed by atoms with Gasteiger partial charge in [-0.1, -0.05) is 12.8 Å². The van der Waals surface area contributed by atoms with E-state index >= 15 is 0 Å². The van der Waals surface area contributed by atoms with Crippen molar-refractivity contribution < 1.29 is 21.6 Å². The second-order valence-electron chi connectivity index (χ2n) is 5.62. The van der Waals surface area contributed by atoms with E-state index in [9.17, 15) is 16.8 Å². The molecule has 110 valence electrons. The van der Waals surface area contributed by atoms with Crippen LogP contribution >= 0.6 is 0 Å². The molecule has 6 nitrogen and oxygen atoms in total. The molecule has 0 aromatic heterocycles. The van der Waals surface area contributed by atoms with E-state index < -0.39 is 32.0 Å². The average molecular weight is 309 g/mol. The predicted octanol–water partition coefficient (Wildman–Crippen LogP) is -0.243. The van der Waals surface area contributed by atoms with Gasteiger partial charge in [0.05, 0.1) is 35.5 Å². The van der Waals surface area contributed by atoms with Gasteiger partial charge in [0, 0.05) is 6.54 Å². The van der Waals surface area contributed by atoms with Gasteiger partial charge in [0.1, 0.15) is 0 Å². The highest BCUT2D eigenvalue weighted by Gasteiger charge is 2.49. The molecule has 0 aromatic rings. The van der Waals surface area contributed by atoms with Crippen molar-refractivity contribution in [2.75, 3.05) is 24.7 Å². The minimum atomic E-state index is -3.38. The van der Waals surface area contributed by atoms with Crippen molar-refractivity contribution in [2.45, 2.75) is 43.1 Å². The third kappa shape index (κ3) is 2.43. The Hall–Kier alpha value is -0.180. The molecule has 0 amide bonds. The second-order valence-corrected chi connectivity index (χ2v) is 9.94. The van der Waals surface area contributed by atoms with Crippen LogP contribution in [0.4, 0.5) is 0 Å². The number of fused-ring (bicyclic) bond motifs is 1. The summed E-state index contributed by atoms with van der Waals surface area (Å²) >= 11 is 0. The molecule has 2 atom stereocenters. The van der Waals surface area contributed by atoms with Crippen LogP contribution in [0, 0.1) is 0 Å². The lowest BCUT2D eigenvalue weighted by Crippen LogP contribution is -2.55. The van der Waals surface area contributed by atoms with Gasteiger partial charge in [-0.15, -0.1) is 0 Å². The molecule has 0 bridgehead atoms. The SMILES string of the molecule is O=S1(=O)CC2OCCN(S(=O)(=O)C3CCCC3)C2C1. The molecule has 3 aliphatic rings. The molecule has 2 saturated heterocycles. The number of sulfone groups is 1. The number of ether oxygens (including phenoxy) is 1. The Bertz CT molecular complexity index is 550. The Morgan fingerprint density at radius 2 is 1.79 bits per heavy atom. The maximum absolute atomic E-state index is 12.6. The van der Waals surface area contributed by atoms with Gasteiger partial charge in [0.15, 0.2) is 9.84 Å². The topological polar surface area (TPSA) is 80.8 Å². The summed E-state index contributed by atoms with van der Waals surface area (Å²) < 4.78 is 55.5. The minimum absolute atomic E-state index is 0.0473. The number of rotatable bonds is 2. The Balaban J connectivity index is 1.87. The lowest BCUT2D eigenvalue weighted by Gasteiger charge is -2.37. The van der Waals surface area contributed by atoms with E-state index in [1.807, 2.05) is 0 Å². The molecule has 2 unspecified atom stereocenters. The van der Waals surface area contributed by atoms with Crippen LogP contribution in [0.15, 0.2) is 0 Å². The zero-order chi connectivity index (χ0) is 13.7. The fourth-order valence-corrected chi connectivity index (χ4v) is 7.57. The van der Waals surface area contributed by atoms with Crippen LogP contribution in [0.25, 0.3) is 0 Å². The summed E-state index contributed by atoms with van der Waals surface area (Å²) in [6.07, 6.45) is 2.81. The van der Waals surface area contributed by atoms with Gasteiger partial charge in [-0.25, -0.2) is 16.8 Å². The van der Waals surface area contributed by atoms with Gasteiger partial charge >= 0.3 is 0 Å². The molecule has 2 heterocycles. The molecule has 3 rings (SSSR count). The zero-order valence-electron chi connectivity index (χ0n) is 10.7. The number of morpholine rings is 1. The van der Waals surface area contributed by atoms with Crippen LogP contribution in [0.5, 0.6) is 0 Å². The molecule has 8 heteroatoms. The van der Waals surface area contributed by atoms with Crippen molar-refractivity contribution in [3.63, 3.8) is 0 Å². The third-order valence-corrected chi connectivity index (χ3v) is 8.44. The molecule has 2 aliphatic heterocycles. The molecule has 0 aromatic carbocycles. The van der Waals surface area contributed by atoms with E-state index in [4.69, 9.17) is 4.74 Å². The fourth-order valence-electron chi connectivity index (χ4n) is 3.38. The Kier molecular flexibility index (Phi) is 3.40. The maximum Gasteiger partial charge on any atom is 0.217 e. The van der Waals surface area contributed by atoms with Crippen molar-refractivity contribution in [2.24, 2.45) is 0 Å². The molecule has 0 N–H and O–H groups in total. The largest absolute Gasteiger partial charge is 0.374 e. The van der Waals surface area contributed by atoms with E-state index in [-0.39, 0.29) is 23.3 Å². The lowest BCUT2D eigenvalue weighted by atomic mass is 10.2. The zero-order valence-corrected chi connectivity index (χ0v) is 12.3. The smallest absolute Gasteiger partial charge is 0.217 e. The lowest BCUT2D eigenvalue weighted by molar-refractivity contribution is -0.0144. The molecule has 0 radical (unpaired) electrons. The van der Waals surface area contributed by atoms with Crippen molar-refractivity contribution in [1.29, 1.82) is 0 Å². The highest BCUT2D eigenvalue weighted by atomic mass is 32.2. The van der Waals surface area contributed by atoms with E-state index in [0.717, 1.165) is 12.8 Å². The van der Waals surface area contributed by atoms with Gasteiger partial charge in [0.2, 0.25) is 10.0 Å². The number of hydrogen-bond acceptors (Lipinski definition) is 5. The normalized spacial score (nSPS) is 36.4. The molecule has 1 saturated carbocycles. The second kappa shape index (κ2) is 4.68. The minimum Gasteiger partial charge on any atom is -0.374 e. The van der Waals surface area contributed by atoms with Crippen molar-refractivity contribution in [3.8, 4) is 0 Å². The summed E-state index contributed by atoms with van der Waals surface area (Å²) in [4.78, 5) is 0. The molecule has 19 heavy (non-hydrogen) atoms. The van der Waals surface area contributed by atoms with Crippen LogP contribution in [0.2, 0.25) is 0 Å². The summed E-state index contributed by atoms with van der Waals surface area (Å²) in [6.45, 7) is 0.582. The summed E-state index contributed by atoms with van der Waals surface area (Å²) in [7, 11) is -6.55. The van der Waals surface area contributed by atoms with E-state index in [1.165, 1.54) is 4.31 Å². The average Bonchev–Trinajstić information content (AvgIpc) is 2.92. The van der Waals surface area contributed by atoms with Crippen LogP contribution in [-0.2, 0) is 24.6 Å². The maximum atomic E-state index is 12.6. The Morgan fingerprint density at radius 1 is 1.11 bits per heavy atom. The predicted molar refractivity (Wildman–Crippen MR) is 70.1 cm³/mol. The standard InChI is InChI=1S/C11H19NO5S2/c13-18(14)7-10-11(8-18)17-6-5-12(10)19(15,16)9-3-1-2-4-9/h9-11H,1-8H2. The molecular formula is C11H19NO5S2. The first-order valence-electron chi connectivity index (χ1n) is 6.73. The van der Waals surface area contributed by atoms with Gasteiger partial charge in [-0.3, -0.25) is 0 Å². The van der Waals surface area contributed by atoms with E-state index in [1.54, 1.807) is 0 Å². The monoisotopic (exact) mass is 309 g/mol. The quantitative estimate of drug-likeness (QED) is 0.703. The molecule has 3 fully saturated rings. The Labute approximate surface area is 114 Å². The summed E-state index contributed by atoms with van der Waals surface area (Å²) in [5, 5.41) is -0.324. The molecule has 1 aliphatic carbocycles. The van der Waals surface area contributed by atoms with Crippen LogP contribution < -0.4 is 0 Å². The highest BCUT2D eigenvalue weighted by molar-refractivity contribution is 7.92. The first-order valence-corrected chi connectivity index (χ1v) is 10.1. The summed E-state index contributed by atoms with van der Waals surface area (Å²) in [5.41, 5.74) is 0. The highest BCUT2D eigenvalue weighted by Crippen LogP contribution is 2.33. The van der Waals surface area contributed by atoms with E-state index in [2.05, 4.69) is 0 Å². The van der Waals surface area contributed by atoms with Crippen LogP contribution in [-0.4, -0.2) is 63.2 Å². The number of nitrogens with zero attached hydrogens (tertiary/aromatic N) is 1. The molecular weight excluding hydrogens is 290 g/mol. The first-order chi connectivity index (χ1) is 8.90. The number of hydrogen-bond donors (Lipinski definition) is 0. The Morgan fingerprint density at radius 3 is 2.47 bits per heavy atom. The summed E-state index contributed by atoms with van der Waals surface area (Å²) in [5.74, 6) is -0.141. The summed E-state index contributed by atoms with van der Waals surface area (Å²) in [6, 6.07) is -0.510. The van der Waals surface area contributed by atoms with E-state index in [0.29, 0.717) is 19.4 Å². The van der Waals surface area contributed by atoms with Gasteiger partial charge in [-0.2, -0.15) is 4.31 Å². The van der Waals surface area contributed by atoms with Crippen molar-refractivity contribution in [3.05, 3.63) is 0 Å². The fraction of sp³-hybridized carbons (Fsp3) is 1.00. The van der Waals surface area contributed by atoms with Gasteiger partial charge < -0.3 is 4.74 Å². The van der Waals surface area contributed by atoms with Crippen LogP contribution in [0.3, 0.4) is 0 Å². The molecule has 0 spiro atoms. The van der Waals surface area contributed by atoms with Gasteiger partial charge in [-0.05, 0) is 12.8 Å². The number of sulfonamides is 1. The third-order valence-electron chi connectivity index (χ3n) is 4.34. The van der Waals surface area contributed by atoms with Crippen molar-refractivity contribution >= 4 is 19.9 Å². The first kappa shape index (κ1) is 13.8. The van der Waals surface area contributed by atoms with Crippen LogP contribution in [0.1, 0.15) is 25.7 Å². The van der Waals surface area contributed by atoms with Crippen molar-refractivity contribution in [1.82, 2.24) is 4.31 Å². The van der Waals surface area contributed by atoms with Gasteiger partial charge in [0.25, 0.3) is 0 Å².